The zero-order chi connectivity index (χ0) is 15.6. The molecule has 1 N–H and O–H groups in total. The maximum Gasteiger partial charge on any atom is 0.312 e. The summed E-state index contributed by atoms with van der Waals surface area (Å²) in [6.07, 6.45) is -0.814. The molecule has 0 bridgehead atoms. The van der Waals surface area contributed by atoms with Gasteiger partial charge in [0.05, 0.1) is 15.5 Å². The lowest BCUT2D eigenvalue weighted by molar-refractivity contribution is -0.385. The highest BCUT2D eigenvalue weighted by atomic mass is 79.9. The van der Waals surface area contributed by atoms with Gasteiger partial charge in [-0.15, -0.1) is 0 Å². The Morgan fingerprint density at radius 1 is 1.38 bits per heavy atom. The van der Waals surface area contributed by atoms with E-state index in [4.69, 9.17) is 4.74 Å². The first kappa shape index (κ1) is 15.4. The van der Waals surface area contributed by atoms with Crippen molar-refractivity contribution >= 4 is 21.6 Å². The monoisotopic (exact) mass is 355 g/mol. The molecule has 0 fully saturated rings. The van der Waals surface area contributed by atoms with Gasteiger partial charge in [0, 0.05) is 6.07 Å². The molecule has 110 valence electrons. The average Bonchev–Trinajstić information content (AvgIpc) is 2.42. The van der Waals surface area contributed by atoms with Crippen LogP contribution in [0.2, 0.25) is 0 Å². The van der Waals surface area contributed by atoms with Crippen LogP contribution < -0.4 is 4.74 Å². The molecule has 0 aromatic heterocycles. The minimum Gasteiger partial charge on any atom is -0.446 e. The van der Waals surface area contributed by atoms with Crippen LogP contribution in [-0.2, 0) is 0 Å². The Balaban J connectivity index is 2.41. The third kappa shape index (κ3) is 3.37. The minimum atomic E-state index is -0.814. The summed E-state index contributed by atoms with van der Waals surface area (Å²) in [5.41, 5.74) is 0.116. The summed E-state index contributed by atoms with van der Waals surface area (Å²) in [5.74, 6) is -0.945. The van der Waals surface area contributed by atoms with E-state index in [9.17, 15) is 19.6 Å². The fourth-order valence-corrected chi connectivity index (χ4v) is 2.15. The van der Waals surface area contributed by atoms with Gasteiger partial charge in [0.15, 0.2) is 11.6 Å². The number of aliphatic hydroxyl groups is 1. The lowest BCUT2D eigenvalue weighted by Crippen LogP contribution is -1.97. The second kappa shape index (κ2) is 6.19. The summed E-state index contributed by atoms with van der Waals surface area (Å²) < 4.78 is 19.6. The summed E-state index contributed by atoms with van der Waals surface area (Å²) >= 11 is 3.14. The van der Waals surface area contributed by atoms with Crippen LogP contribution in [0.5, 0.6) is 11.5 Å². The molecule has 0 aliphatic rings. The number of nitrogens with zero attached hydrogens (tertiary/aromatic N) is 1. The van der Waals surface area contributed by atoms with Gasteiger partial charge < -0.3 is 9.84 Å². The van der Waals surface area contributed by atoms with Crippen LogP contribution >= 0.6 is 15.9 Å². The SMILES string of the molecule is C[C@H](O)c1ccc(Oc2c(Br)cccc2[N+](=O)[O-])c(F)c1. The molecule has 0 saturated heterocycles. The van der Waals surface area contributed by atoms with Crippen molar-refractivity contribution in [3.63, 3.8) is 0 Å². The van der Waals surface area contributed by atoms with E-state index < -0.39 is 16.8 Å². The van der Waals surface area contributed by atoms with Crippen LogP contribution in [0.3, 0.4) is 0 Å². The molecule has 2 rings (SSSR count). The number of nitro benzene ring substituents is 1. The van der Waals surface area contributed by atoms with Crippen LogP contribution in [0.1, 0.15) is 18.6 Å². The molecule has 0 spiro atoms. The number of hydrogen-bond donors (Lipinski definition) is 1. The molecule has 0 aliphatic heterocycles. The van der Waals surface area contributed by atoms with Crippen LogP contribution in [0.25, 0.3) is 0 Å². The van der Waals surface area contributed by atoms with Gasteiger partial charge in [-0.25, -0.2) is 4.39 Å². The van der Waals surface area contributed by atoms with Crippen LogP contribution in [0, 0.1) is 15.9 Å². The molecule has 0 radical (unpaired) electrons. The Morgan fingerprint density at radius 2 is 2.10 bits per heavy atom. The molecule has 2 aromatic carbocycles. The summed E-state index contributed by atoms with van der Waals surface area (Å²) in [4.78, 5) is 10.4. The highest BCUT2D eigenvalue weighted by molar-refractivity contribution is 9.10. The first-order valence-corrected chi connectivity index (χ1v) is 6.77. The molecule has 0 unspecified atom stereocenters. The normalized spacial score (nSPS) is 12.0. The number of para-hydroxylation sites is 1. The molecule has 0 heterocycles. The number of benzene rings is 2. The molecule has 5 nitrogen and oxygen atoms in total. The highest BCUT2D eigenvalue weighted by Crippen LogP contribution is 2.38. The fourth-order valence-electron chi connectivity index (χ4n) is 1.71. The van der Waals surface area contributed by atoms with Gasteiger partial charge in [-0.2, -0.15) is 0 Å². The van der Waals surface area contributed by atoms with E-state index in [1.54, 1.807) is 6.07 Å². The zero-order valence-electron chi connectivity index (χ0n) is 10.9. The lowest BCUT2D eigenvalue weighted by atomic mass is 10.1. The van der Waals surface area contributed by atoms with E-state index in [2.05, 4.69) is 15.9 Å². The Kier molecular flexibility index (Phi) is 4.54. The third-order valence-corrected chi connectivity index (χ3v) is 3.42. The maximum atomic E-state index is 13.9. The van der Waals surface area contributed by atoms with E-state index in [1.165, 1.54) is 31.2 Å². The van der Waals surface area contributed by atoms with Crippen molar-refractivity contribution in [2.75, 3.05) is 0 Å². The van der Waals surface area contributed by atoms with E-state index in [0.29, 0.717) is 10.0 Å². The Hall–Kier alpha value is -1.99. The predicted octanol–water partition coefficient (Wildman–Crippen LogP) is 4.34. The second-order valence-corrected chi connectivity index (χ2v) is 5.17. The van der Waals surface area contributed by atoms with Gasteiger partial charge in [-0.3, -0.25) is 10.1 Å². The number of aliphatic hydroxyl groups excluding tert-OH is 1. The summed E-state index contributed by atoms with van der Waals surface area (Å²) in [5, 5.41) is 20.4. The average molecular weight is 356 g/mol. The molecule has 1 atom stereocenters. The quantitative estimate of drug-likeness (QED) is 0.653. The summed E-state index contributed by atoms with van der Waals surface area (Å²) in [6, 6.07) is 8.25. The molecule has 7 heteroatoms. The van der Waals surface area contributed by atoms with Crippen molar-refractivity contribution < 1.29 is 19.2 Å². The van der Waals surface area contributed by atoms with E-state index in [1.807, 2.05) is 0 Å². The number of ether oxygens (including phenoxy) is 1. The summed E-state index contributed by atoms with van der Waals surface area (Å²) in [6.45, 7) is 1.51. The largest absolute Gasteiger partial charge is 0.446 e. The first-order chi connectivity index (χ1) is 9.90. The lowest BCUT2D eigenvalue weighted by Gasteiger charge is -2.11. The van der Waals surface area contributed by atoms with Gasteiger partial charge >= 0.3 is 5.69 Å². The standard InChI is InChI=1S/C14H11BrFNO4/c1-8(18)9-5-6-13(11(16)7-9)21-14-10(15)3-2-4-12(14)17(19)20/h2-8,18H,1H3/t8-/m0/s1. The Bertz CT molecular complexity index is 691. The number of nitro groups is 1. The van der Waals surface area contributed by atoms with Gasteiger partial charge in [0.1, 0.15) is 0 Å². The smallest absolute Gasteiger partial charge is 0.312 e. The van der Waals surface area contributed by atoms with Gasteiger partial charge in [0.25, 0.3) is 0 Å². The van der Waals surface area contributed by atoms with Crippen molar-refractivity contribution in [2.24, 2.45) is 0 Å². The van der Waals surface area contributed by atoms with Crippen molar-refractivity contribution in [3.05, 3.63) is 62.4 Å². The molecule has 21 heavy (non-hydrogen) atoms. The van der Waals surface area contributed by atoms with Crippen LogP contribution in [0.4, 0.5) is 10.1 Å². The minimum absolute atomic E-state index is 0.0776. The second-order valence-electron chi connectivity index (χ2n) is 4.31. The predicted molar refractivity (Wildman–Crippen MR) is 77.9 cm³/mol. The van der Waals surface area contributed by atoms with Crippen molar-refractivity contribution in [3.8, 4) is 11.5 Å². The molecule has 0 amide bonds. The number of halogens is 2. The van der Waals surface area contributed by atoms with Crippen molar-refractivity contribution in [1.82, 2.24) is 0 Å². The zero-order valence-corrected chi connectivity index (χ0v) is 12.5. The molecular weight excluding hydrogens is 345 g/mol. The molecule has 0 aliphatic carbocycles. The first-order valence-electron chi connectivity index (χ1n) is 5.98. The van der Waals surface area contributed by atoms with Gasteiger partial charge in [-0.1, -0.05) is 12.1 Å². The Labute approximate surface area is 128 Å². The van der Waals surface area contributed by atoms with Crippen LogP contribution in [-0.4, -0.2) is 10.0 Å². The number of hydrogen-bond acceptors (Lipinski definition) is 4. The molecule has 0 saturated carbocycles. The summed E-state index contributed by atoms with van der Waals surface area (Å²) in [7, 11) is 0. The van der Waals surface area contributed by atoms with Gasteiger partial charge in [0.2, 0.25) is 5.75 Å². The third-order valence-electron chi connectivity index (χ3n) is 2.79. The van der Waals surface area contributed by atoms with E-state index >= 15 is 0 Å². The van der Waals surface area contributed by atoms with Crippen molar-refractivity contribution in [1.29, 1.82) is 0 Å². The topological polar surface area (TPSA) is 72.6 Å². The van der Waals surface area contributed by atoms with Gasteiger partial charge in [-0.05, 0) is 46.6 Å². The van der Waals surface area contributed by atoms with E-state index in [0.717, 1.165) is 6.07 Å². The van der Waals surface area contributed by atoms with Crippen molar-refractivity contribution in [2.45, 2.75) is 13.0 Å². The van der Waals surface area contributed by atoms with E-state index in [-0.39, 0.29) is 17.2 Å². The fraction of sp³-hybridized carbons (Fsp3) is 0.143. The van der Waals surface area contributed by atoms with Crippen LogP contribution in [0.15, 0.2) is 40.9 Å². The maximum absolute atomic E-state index is 13.9. The molecular formula is C14H11BrFNO4. The highest BCUT2D eigenvalue weighted by Gasteiger charge is 2.20. The Morgan fingerprint density at radius 3 is 2.67 bits per heavy atom. The molecule has 2 aromatic rings. The number of rotatable bonds is 4.